The van der Waals surface area contributed by atoms with Crippen molar-refractivity contribution >= 4 is 57.3 Å². The molecule has 1 amide bonds. The lowest BCUT2D eigenvalue weighted by molar-refractivity contribution is -0.113. The summed E-state index contributed by atoms with van der Waals surface area (Å²) in [6.07, 6.45) is 4.24. The standard InChI is InChI=1S/C27H34N4O5S3/c1-6-11-31-23(18-13-37-19-12-15(4)9-10-17(18)19)29-30-27(31)38-14-20(32)28-24-21(25(33)35-7-2)16(5)22(39-24)26(34)36-8-3/h13,15H,6-12,14H2,1-5H3,(H,28,32). The van der Waals surface area contributed by atoms with E-state index in [0.29, 0.717) is 16.6 Å². The molecular weight excluding hydrogens is 557 g/mol. The van der Waals surface area contributed by atoms with E-state index in [4.69, 9.17) is 9.47 Å². The van der Waals surface area contributed by atoms with Crippen LogP contribution in [-0.2, 0) is 33.7 Å². The lowest BCUT2D eigenvalue weighted by Crippen LogP contribution is -2.17. The number of rotatable bonds is 11. The average Bonchev–Trinajstić information content (AvgIpc) is 3.58. The van der Waals surface area contributed by atoms with Crippen LogP contribution in [0.25, 0.3) is 11.4 Å². The zero-order valence-corrected chi connectivity index (χ0v) is 25.4. The van der Waals surface area contributed by atoms with Crippen molar-refractivity contribution in [1.29, 1.82) is 0 Å². The topological polar surface area (TPSA) is 112 Å². The van der Waals surface area contributed by atoms with Gasteiger partial charge in [0, 0.05) is 22.4 Å². The number of aromatic nitrogens is 3. The highest BCUT2D eigenvalue weighted by molar-refractivity contribution is 7.99. The molecule has 12 heteroatoms. The molecule has 0 saturated carbocycles. The SMILES string of the molecule is CCCn1c(SCC(=O)Nc2sc(C(=O)OCC)c(C)c2C(=O)OCC)nnc1-c1csc2c1CCC(C)C2. The van der Waals surface area contributed by atoms with Crippen molar-refractivity contribution in [1.82, 2.24) is 14.8 Å². The van der Waals surface area contributed by atoms with E-state index in [0.717, 1.165) is 48.5 Å². The monoisotopic (exact) mass is 590 g/mol. The third-order valence-corrected chi connectivity index (χ3v) is 9.68. The Labute approximate surface area is 240 Å². The van der Waals surface area contributed by atoms with E-state index in [1.165, 1.54) is 28.6 Å². The molecule has 1 aliphatic carbocycles. The van der Waals surface area contributed by atoms with Gasteiger partial charge in [-0.05, 0) is 63.5 Å². The van der Waals surface area contributed by atoms with Gasteiger partial charge in [-0.1, -0.05) is 25.6 Å². The van der Waals surface area contributed by atoms with Crippen molar-refractivity contribution < 1.29 is 23.9 Å². The third kappa shape index (κ3) is 6.38. The summed E-state index contributed by atoms with van der Waals surface area (Å²) in [6, 6.07) is 0. The number of hydrogen-bond acceptors (Lipinski definition) is 10. The van der Waals surface area contributed by atoms with Gasteiger partial charge in [-0.25, -0.2) is 9.59 Å². The molecule has 0 bridgehead atoms. The molecule has 3 aromatic heterocycles. The van der Waals surface area contributed by atoms with Crippen molar-refractivity contribution in [3.8, 4) is 11.4 Å². The molecule has 1 aliphatic rings. The van der Waals surface area contributed by atoms with Gasteiger partial charge in [0.25, 0.3) is 0 Å². The Bertz CT molecular complexity index is 1360. The second-order valence-electron chi connectivity index (χ2n) is 9.39. The Hall–Kier alpha value is -2.70. The van der Waals surface area contributed by atoms with E-state index in [1.807, 2.05) is 0 Å². The van der Waals surface area contributed by atoms with Gasteiger partial charge in [0.2, 0.25) is 5.91 Å². The number of nitrogens with zero attached hydrogens (tertiary/aromatic N) is 3. The van der Waals surface area contributed by atoms with Crippen molar-refractivity contribution in [2.75, 3.05) is 24.3 Å². The number of amides is 1. The minimum atomic E-state index is -0.592. The summed E-state index contributed by atoms with van der Waals surface area (Å²) in [5.41, 5.74) is 3.14. The molecule has 0 radical (unpaired) electrons. The Morgan fingerprint density at radius 1 is 1.15 bits per heavy atom. The van der Waals surface area contributed by atoms with Crippen molar-refractivity contribution in [3.05, 3.63) is 31.8 Å². The maximum absolute atomic E-state index is 13.0. The summed E-state index contributed by atoms with van der Waals surface area (Å²) in [5, 5.41) is 14.9. The zero-order valence-electron chi connectivity index (χ0n) is 22.9. The van der Waals surface area contributed by atoms with Gasteiger partial charge in [0.05, 0.1) is 24.5 Å². The number of thioether (sulfide) groups is 1. The predicted molar refractivity (Wildman–Crippen MR) is 155 cm³/mol. The number of carbonyl (C=O) groups is 3. The molecule has 210 valence electrons. The van der Waals surface area contributed by atoms with Crippen LogP contribution in [0, 0.1) is 12.8 Å². The summed E-state index contributed by atoms with van der Waals surface area (Å²) in [5.74, 6) is 0.166. The molecule has 3 aromatic rings. The van der Waals surface area contributed by atoms with E-state index in [2.05, 4.69) is 39.3 Å². The summed E-state index contributed by atoms with van der Waals surface area (Å²) in [6.45, 7) is 10.6. The minimum Gasteiger partial charge on any atom is -0.462 e. The Kier molecular flexibility index (Phi) is 9.84. The Morgan fingerprint density at radius 3 is 2.62 bits per heavy atom. The van der Waals surface area contributed by atoms with Gasteiger partial charge >= 0.3 is 11.9 Å². The van der Waals surface area contributed by atoms with Crippen LogP contribution in [0.5, 0.6) is 0 Å². The van der Waals surface area contributed by atoms with E-state index < -0.39 is 11.9 Å². The van der Waals surface area contributed by atoms with Crippen LogP contribution in [-0.4, -0.2) is 51.6 Å². The molecule has 39 heavy (non-hydrogen) atoms. The molecule has 1 N–H and O–H groups in total. The molecule has 0 saturated heterocycles. The second kappa shape index (κ2) is 13.1. The van der Waals surface area contributed by atoms with Crippen molar-refractivity contribution in [2.24, 2.45) is 5.92 Å². The summed E-state index contributed by atoms with van der Waals surface area (Å²) < 4.78 is 12.4. The van der Waals surface area contributed by atoms with Crippen LogP contribution in [0.15, 0.2) is 10.5 Å². The summed E-state index contributed by atoms with van der Waals surface area (Å²) in [4.78, 5) is 39.8. The normalized spacial score (nSPS) is 14.6. The molecule has 0 aromatic carbocycles. The quantitative estimate of drug-likeness (QED) is 0.214. The fraction of sp³-hybridized carbons (Fsp3) is 0.519. The number of thiophene rings is 2. The molecular formula is C27H34N4O5S3. The lowest BCUT2D eigenvalue weighted by atomic mass is 9.88. The van der Waals surface area contributed by atoms with Crippen molar-refractivity contribution in [2.45, 2.75) is 72.0 Å². The molecule has 0 spiro atoms. The van der Waals surface area contributed by atoms with E-state index >= 15 is 0 Å². The smallest absolute Gasteiger partial charge is 0.348 e. The van der Waals surface area contributed by atoms with Crippen LogP contribution in [0.3, 0.4) is 0 Å². The average molecular weight is 591 g/mol. The predicted octanol–water partition coefficient (Wildman–Crippen LogP) is 6.00. The van der Waals surface area contributed by atoms with E-state index in [9.17, 15) is 14.4 Å². The van der Waals surface area contributed by atoms with Crippen LogP contribution in [0.2, 0.25) is 0 Å². The minimum absolute atomic E-state index is 0.0645. The van der Waals surface area contributed by atoms with Gasteiger partial charge in [-0.15, -0.1) is 32.9 Å². The maximum atomic E-state index is 13.0. The highest BCUT2D eigenvalue weighted by atomic mass is 32.2. The molecule has 3 heterocycles. The largest absolute Gasteiger partial charge is 0.462 e. The van der Waals surface area contributed by atoms with Gasteiger partial charge in [-0.2, -0.15) is 0 Å². The van der Waals surface area contributed by atoms with Crippen LogP contribution >= 0.6 is 34.4 Å². The van der Waals surface area contributed by atoms with Crippen molar-refractivity contribution in [3.63, 3.8) is 0 Å². The first-order valence-corrected chi connectivity index (χ1v) is 15.9. The van der Waals surface area contributed by atoms with Gasteiger partial charge in [0.1, 0.15) is 9.88 Å². The highest BCUT2D eigenvalue weighted by Gasteiger charge is 2.28. The summed E-state index contributed by atoms with van der Waals surface area (Å²) >= 11 is 4.11. The maximum Gasteiger partial charge on any atom is 0.348 e. The third-order valence-electron chi connectivity index (χ3n) is 6.48. The number of fused-ring (bicyclic) bond motifs is 1. The van der Waals surface area contributed by atoms with Gasteiger partial charge < -0.3 is 19.4 Å². The fourth-order valence-electron chi connectivity index (χ4n) is 4.62. The van der Waals surface area contributed by atoms with Gasteiger partial charge in [-0.3, -0.25) is 4.79 Å². The number of hydrogen-bond donors (Lipinski definition) is 1. The van der Waals surface area contributed by atoms with E-state index in [-0.39, 0.29) is 40.3 Å². The van der Waals surface area contributed by atoms with Crippen LogP contribution in [0.4, 0.5) is 5.00 Å². The lowest BCUT2D eigenvalue weighted by Gasteiger charge is -2.19. The molecule has 1 atom stereocenters. The molecule has 9 nitrogen and oxygen atoms in total. The highest BCUT2D eigenvalue weighted by Crippen LogP contribution is 2.39. The summed E-state index contributed by atoms with van der Waals surface area (Å²) in [7, 11) is 0. The second-order valence-corrected chi connectivity index (χ2v) is 12.3. The van der Waals surface area contributed by atoms with Crippen LogP contribution < -0.4 is 5.32 Å². The first kappa shape index (κ1) is 29.3. The zero-order chi connectivity index (χ0) is 28.1. The molecule has 0 fully saturated rings. The van der Waals surface area contributed by atoms with Crippen LogP contribution in [0.1, 0.15) is 76.6 Å². The number of esters is 2. The van der Waals surface area contributed by atoms with E-state index in [1.54, 1.807) is 32.1 Å². The molecule has 0 aliphatic heterocycles. The Morgan fingerprint density at radius 2 is 1.90 bits per heavy atom. The first-order chi connectivity index (χ1) is 18.8. The number of ether oxygens (including phenoxy) is 2. The molecule has 1 unspecified atom stereocenters. The fourth-order valence-corrected chi connectivity index (χ4v) is 7.73. The Balaban J connectivity index is 1.52. The number of carbonyl (C=O) groups excluding carboxylic acids is 3. The number of nitrogens with one attached hydrogen (secondary N) is 1. The first-order valence-electron chi connectivity index (χ1n) is 13.2. The number of anilines is 1. The molecule has 4 rings (SSSR count). The van der Waals surface area contributed by atoms with Gasteiger partial charge in [0.15, 0.2) is 11.0 Å².